The molecule has 2 atom stereocenters. The summed E-state index contributed by atoms with van der Waals surface area (Å²) in [4.78, 5) is 0. The molecule has 0 saturated carbocycles. The Morgan fingerprint density at radius 3 is 0.926 bits per heavy atom. The van der Waals surface area contributed by atoms with Crippen LogP contribution < -0.4 is 0 Å². The topological polar surface area (TPSA) is 35.6 Å². The van der Waals surface area contributed by atoms with E-state index >= 15 is 0 Å². The Morgan fingerprint density at radius 1 is 0.321 bits per heavy atom. The number of benzene rings is 1. The molecule has 8 aromatic rings. The Morgan fingerprint density at radius 2 is 0.605 bits per heavy atom. The highest BCUT2D eigenvalue weighted by atomic mass is 32.1. The summed E-state index contributed by atoms with van der Waals surface area (Å²) >= 11 is 9.91. The van der Waals surface area contributed by atoms with E-state index < -0.39 is 0 Å². The third-order valence-corrected chi connectivity index (χ3v) is 24.3. The van der Waals surface area contributed by atoms with Crippen molar-refractivity contribution < 1.29 is 0 Å². The summed E-state index contributed by atoms with van der Waals surface area (Å²) in [7, 11) is 0. The van der Waals surface area contributed by atoms with E-state index in [4.69, 9.17) is 8.75 Å². The van der Waals surface area contributed by atoms with E-state index in [-0.39, 0.29) is 0 Å². The Labute approximate surface area is 514 Å². The van der Waals surface area contributed by atoms with Gasteiger partial charge in [0.2, 0.25) is 0 Å². The van der Waals surface area contributed by atoms with Crippen LogP contribution in [0.2, 0.25) is 0 Å². The molecule has 0 spiro atoms. The largest absolute Gasteiger partial charge is 0.337 e. The molecule has 9 heteroatoms. The maximum atomic E-state index is 5.45. The normalized spacial score (nSPS) is 13.3. The first-order chi connectivity index (χ1) is 40.1. The zero-order valence-corrected chi connectivity index (χ0v) is 56.7. The molecule has 7 aromatic heterocycles. The predicted octanol–water partition coefficient (Wildman–Crippen LogP) is 27.3. The van der Waals surface area contributed by atoms with Crippen molar-refractivity contribution in [2.45, 2.75) is 337 Å². The van der Waals surface area contributed by atoms with Gasteiger partial charge in [-0.1, -0.05) is 273 Å². The number of unbranched alkanes of at least 4 members (excludes halogenated alkanes) is 32. The van der Waals surface area contributed by atoms with Crippen molar-refractivity contribution in [2.24, 2.45) is 11.8 Å². The van der Waals surface area contributed by atoms with E-state index in [0.29, 0.717) is 11.8 Å². The van der Waals surface area contributed by atoms with E-state index in [1.54, 1.807) is 41.0 Å². The lowest BCUT2D eigenvalue weighted by molar-refractivity contribution is 0.363. The molecule has 0 aliphatic carbocycles. The molecule has 0 saturated heterocycles. The van der Waals surface area contributed by atoms with Gasteiger partial charge in [0.05, 0.1) is 62.0 Å². The second-order valence-corrected chi connectivity index (χ2v) is 30.1. The number of rotatable bonds is 48. The number of hydrogen-bond acceptors (Lipinski definition) is 7. The third kappa shape index (κ3) is 17.6. The molecule has 0 aliphatic rings. The molecule has 4 nitrogen and oxygen atoms in total. The van der Waals surface area contributed by atoms with Gasteiger partial charge in [-0.3, -0.25) is 0 Å². The second kappa shape index (κ2) is 36.2. The molecule has 2 unspecified atom stereocenters. The average Bonchev–Trinajstić information content (AvgIpc) is 4.34. The lowest BCUT2D eigenvalue weighted by atomic mass is 9.93. The SMILES string of the molecule is CCCCCCCCCCCc1csc2c1sc1c3c4nsnc4c4c5sc6c(CCCCCCCCCCC)csc6c5n(CC(CCCCCC)CCCCCCCC)c4c3n(CC(CCCCCC)CCCCCCCC)c21. The van der Waals surface area contributed by atoms with Gasteiger partial charge in [-0.2, -0.15) is 8.75 Å². The molecular formula is C72H114N4S5. The summed E-state index contributed by atoms with van der Waals surface area (Å²) < 4.78 is 26.2. The highest BCUT2D eigenvalue weighted by Crippen LogP contribution is 2.54. The van der Waals surface area contributed by atoms with Gasteiger partial charge in [-0.15, -0.1) is 45.3 Å². The molecule has 452 valence electrons. The monoisotopic (exact) mass is 1190 g/mol. The Bertz CT molecular complexity index is 2790. The second-order valence-electron chi connectivity index (χ2n) is 25.7. The number of aromatic nitrogens is 4. The Hall–Kier alpha value is -2.04. The maximum Gasteiger partial charge on any atom is 0.116 e. The lowest BCUT2D eigenvalue weighted by Gasteiger charge is -2.22. The molecule has 7 heterocycles. The average molecular weight is 1200 g/mol. The summed E-state index contributed by atoms with van der Waals surface area (Å²) in [5.74, 6) is 1.33. The van der Waals surface area contributed by atoms with E-state index in [0.717, 1.165) is 13.1 Å². The van der Waals surface area contributed by atoms with Crippen LogP contribution in [-0.4, -0.2) is 17.9 Å². The zero-order chi connectivity index (χ0) is 56.4. The quantitative estimate of drug-likeness (QED) is 0.0356. The number of aryl methyl sites for hydroxylation is 2. The predicted molar refractivity (Wildman–Crippen MR) is 372 cm³/mol. The Balaban J connectivity index is 1.26. The van der Waals surface area contributed by atoms with Crippen LogP contribution in [0.4, 0.5) is 0 Å². The molecule has 8 rings (SSSR count). The molecule has 0 bridgehead atoms. The minimum absolute atomic E-state index is 0.665. The zero-order valence-electron chi connectivity index (χ0n) is 52.7. The standard InChI is InChI=1S/C72H114N4S5/c1-7-13-19-25-29-31-33-37-43-49-57-53-77-71-65-69(79-67(57)71)59-61-62(74-81-73-61)60-64(63(59)75(65)51-55(45-39-23-17-11-5)47-41-35-27-21-15-9-3)76(52-56(46-40-24-18-12-6)48-42-36-28-22-16-10-4)66-70(60)80-68-58(54-78-72(66)68)50-44-38-34-32-30-26-20-14-8-2/h53-56H,7-52H2,1-6H3. The van der Waals surface area contributed by atoms with Gasteiger partial charge < -0.3 is 9.13 Å². The lowest BCUT2D eigenvalue weighted by Crippen LogP contribution is -2.14. The van der Waals surface area contributed by atoms with Crippen molar-refractivity contribution in [3.8, 4) is 0 Å². The highest BCUT2D eigenvalue weighted by Gasteiger charge is 2.32. The van der Waals surface area contributed by atoms with Crippen molar-refractivity contribution >= 4 is 129 Å². The van der Waals surface area contributed by atoms with Crippen LogP contribution in [0.5, 0.6) is 0 Å². The Kier molecular flexibility index (Phi) is 29.0. The van der Waals surface area contributed by atoms with E-state index in [9.17, 15) is 0 Å². The fourth-order valence-corrected chi connectivity index (χ4v) is 20.2. The summed E-state index contributed by atoms with van der Waals surface area (Å²) in [6.45, 7) is 16.4. The summed E-state index contributed by atoms with van der Waals surface area (Å²) in [5, 5.41) is 8.04. The van der Waals surface area contributed by atoms with Gasteiger partial charge in [0.1, 0.15) is 11.0 Å². The molecular weight excluding hydrogens is 1080 g/mol. The van der Waals surface area contributed by atoms with Crippen LogP contribution in [0.1, 0.15) is 322 Å². The number of fused-ring (bicyclic) bond motifs is 14. The molecule has 0 radical (unpaired) electrons. The first-order valence-corrected chi connectivity index (χ1v) is 39.1. The fraction of sp³-hybridized carbons (Fsp3) is 0.750. The molecule has 0 amide bonds. The van der Waals surface area contributed by atoms with Gasteiger partial charge in [-0.05, 0) is 85.1 Å². The first kappa shape index (κ1) is 64.9. The molecule has 1 aromatic carbocycles. The maximum absolute atomic E-state index is 5.45. The highest BCUT2D eigenvalue weighted by molar-refractivity contribution is 7.34. The van der Waals surface area contributed by atoms with E-state index in [2.05, 4.69) is 107 Å². The molecule has 0 fully saturated rings. The number of thiophene rings is 4. The van der Waals surface area contributed by atoms with Crippen LogP contribution in [0.25, 0.3) is 72.1 Å². The number of hydrogen-bond donors (Lipinski definition) is 0. The van der Waals surface area contributed by atoms with Crippen molar-refractivity contribution in [3.63, 3.8) is 0 Å². The van der Waals surface area contributed by atoms with Gasteiger partial charge in [0.15, 0.2) is 0 Å². The van der Waals surface area contributed by atoms with Crippen molar-refractivity contribution in [1.82, 2.24) is 17.9 Å². The van der Waals surface area contributed by atoms with E-state index in [1.165, 1.54) is 336 Å². The minimum Gasteiger partial charge on any atom is -0.337 e. The molecule has 0 N–H and O–H groups in total. The summed E-state index contributed by atoms with van der Waals surface area (Å²) in [6.07, 6.45) is 60.0. The first-order valence-electron chi connectivity index (χ1n) is 35.0. The number of nitrogens with zero attached hydrogens (tertiary/aromatic N) is 4. The fourth-order valence-electron chi connectivity index (χ4n) is 14.1. The van der Waals surface area contributed by atoms with Gasteiger partial charge in [0.25, 0.3) is 0 Å². The van der Waals surface area contributed by atoms with Crippen LogP contribution in [0, 0.1) is 11.8 Å². The van der Waals surface area contributed by atoms with Gasteiger partial charge in [0, 0.05) is 23.9 Å². The van der Waals surface area contributed by atoms with Gasteiger partial charge >= 0.3 is 0 Å². The smallest absolute Gasteiger partial charge is 0.116 e. The van der Waals surface area contributed by atoms with Crippen LogP contribution in [-0.2, 0) is 25.9 Å². The van der Waals surface area contributed by atoms with Crippen molar-refractivity contribution in [1.29, 1.82) is 0 Å². The van der Waals surface area contributed by atoms with Gasteiger partial charge in [-0.25, -0.2) is 0 Å². The van der Waals surface area contributed by atoms with Crippen LogP contribution >= 0.6 is 57.1 Å². The summed E-state index contributed by atoms with van der Waals surface area (Å²) in [5.41, 5.74) is 11.7. The van der Waals surface area contributed by atoms with Crippen molar-refractivity contribution in [3.05, 3.63) is 21.9 Å². The van der Waals surface area contributed by atoms with Crippen molar-refractivity contribution in [2.75, 3.05) is 0 Å². The molecule has 81 heavy (non-hydrogen) atoms. The van der Waals surface area contributed by atoms with Crippen LogP contribution in [0.3, 0.4) is 0 Å². The molecule has 0 aliphatic heterocycles. The van der Waals surface area contributed by atoms with Crippen LogP contribution in [0.15, 0.2) is 10.8 Å². The summed E-state index contributed by atoms with van der Waals surface area (Å²) in [6, 6.07) is 0. The third-order valence-electron chi connectivity index (χ3n) is 18.9. The van der Waals surface area contributed by atoms with E-state index in [1.807, 2.05) is 0 Å². The minimum atomic E-state index is 0.665.